The number of rotatable bonds is 4. The van der Waals surface area contributed by atoms with Crippen LogP contribution in [0.15, 0.2) is 55.2 Å². The second-order valence-electron chi connectivity index (χ2n) is 6.72. The largest absolute Gasteiger partial charge is 0.338 e. The summed E-state index contributed by atoms with van der Waals surface area (Å²) in [6, 6.07) is 7.08. The highest BCUT2D eigenvalue weighted by Gasteiger charge is 2.28. The zero-order valence-electron chi connectivity index (χ0n) is 14.8. The first-order valence-corrected chi connectivity index (χ1v) is 9.01. The molecule has 4 rings (SSSR count). The van der Waals surface area contributed by atoms with Crippen LogP contribution in [0, 0.1) is 5.82 Å². The van der Waals surface area contributed by atoms with Crippen molar-refractivity contribution in [2.45, 2.75) is 25.3 Å². The van der Waals surface area contributed by atoms with Crippen LogP contribution in [0.5, 0.6) is 0 Å². The molecule has 0 aliphatic carbocycles. The average Bonchev–Trinajstić information content (AvgIpc) is 3.16. The smallest absolute Gasteiger partial charge is 0.255 e. The third-order valence-corrected chi connectivity index (χ3v) is 4.83. The number of carbonyl (C=O) groups is 1. The number of hydrogen-bond donors (Lipinski definition) is 0. The van der Waals surface area contributed by atoms with Crippen LogP contribution in [0.25, 0.3) is 0 Å². The van der Waals surface area contributed by atoms with Crippen molar-refractivity contribution in [1.82, 2.24) is 24.4 Å². The molecule has 0 saturated carbocycles. The van der Waals surface area contributed by atoms with Gasteiger partial charge in [-0.3, -0.25) is 14.8 Å². The molecular weight excluding hydrogens is 345 g/mol. The molecule has 27 heavy (non-hydrogen) atoms. The fourth-order valence-electron chi connectivity index (χ4n) is 3.56. The second kappa shape index (κ2) is 7.65. The number of nitrogens with zero attached hydrogens (tertiary/aromatic N) is 5. The Bertz CT molecular complexity index is 927. The molecule has 0 spiro atoms. The Balaban J connectivity index is 1.51. The molecule has 1 aliphatic rings. The Morgan fingerprint density at radius 1 is 1.22 bits per heavy atom. The maximum Gasteiger partial charge on any atom is 0.255 e. The molecule has 1 fully saturated rings. The highest BCUT2D eigenvalue weighted by Crippen LogP contribution is 2.27. The summed E-state index contributed by atoms with van der Waals surface area (Å²) in [5, 5.41) is 0. The topological polar surface area (TPSA) is 63.9 Å². The molecule has 3 aromatic rings. The molecule has 0 aromatic carbocycles. The highest BCUT2D eigenvalue weighted by molar-refractivity contribution is 5.94. The van der Waals surface area contributed by atoms with Gasteiger partial charge in [0.15, 0.2) is 0 Å². The molecule has 0 bridgehead atoms. The van der Waals surface area contributed by atoms with Crippen molar-refractivity contribution in [3.05, 3.63) is 78.1 Å². The molecule has 4 heterocycles. The van der Waals surface area contributed by atoms with E-state index in [2.05, 4.69) is 19.5 Å². The lowest BCUT2D eigenvalue weighted by molar-refractivity contribution is 0.0702. The lowest BCUT2D eigenvalue weighted by atomic mass is 9.96. The van der Waals surface area contributed by atoms with Gasteiger partial charge in [-0.15, -0.1) is 0 Å². The summed E-state index contributed by atoms with van der Waals surface area (Å²) >= 11 is 0. The van der Waals surface area contributed by atoms with Gasteiger partial charge < -0.3 is 9.47 Å². The lowest BCUT2D eigenvalue weighted by Gasteiger charge is -2.32. The van der Waals surface area contributed by atoms with Gasteiger partial charge in [-0.2, -0.15) is 0 Å². The standard InChI is InChI=1S/C20H20FN5O/c21-17-10-16(11-22-12-17)20(27)26-8-3-4-15(13-26)19-24-7-9-25(19)14-18-5-1-2-6-23-18/h1-2,5-7,9-12,15H,3-4,8,13-14H2/t15-/m1/s1. The van der Waals surface area contributed by atoms with E-state index < -0.39 is 5.82 Å². The number of amides is 1. The van der Waals surface area contributed by atoms with Crippen molar-refractivity contribution in [3.8, 4) is 0 Å². The average molecular weight is 365 g/mol. The van der Waals surface area contributed by atoms with Gasteiger partial charge in [-0.1, -0.05) is 6.07 Å². The molecule has 1 amide bonds. The van der Waals surface area contributed by atoms with Crippen LogP contribution < -0.4 is 0 Å². The monoisotopic (exact) mass is 365 g/mol. The van der Waals surface area contributed by atoms with Crippen LogP contribution >= 0.6 is 0 Å². The van der Waals surface area contributed by atoms with Crippen molar-refractivity contribution in [2.24, 2.45) is 0 Å². The van der Waals surface area contributed by atoms with Crippen LogP contribution in [0.4, 0.5) is 4.39 Å². The Morgan fingerprint density at radius 3 is 2.96 bits per heavy atom. The van der Waals surface area contributed by atoms with E-state index in [9.17, 15) is 9.18 Å². The molecule has 138 valence electrons. The first kappa shape index (κ1) is 17.3. The van der Waals surface area contributed by atoms with E-state index >= 15 is 0 Å². The van der Waals surface area contributed by atoms with E-state index in [0.717, 1.165) is 30.6 Å². The van der Waals surface area contributed by atoms with E-state index in [0.29, 0.717) is 19.6 Å². The van der Waals surface area contributed by atoms with Crippen molar-refractivity contribution in [3.63, 3.8) is 0 Å². The predicted molar refractivity (Wildman–Crippen MR) is 97.6 cm³/mol. The van der Waals surface area contributed by atoms with Gasteiger partial charge in [0.25, 0.3) is 5.91 Å². The summed E-state index contributed by atoms with van der Waals surface area (Å²) in [6.45, 7) is 1.87. The zero-order valence-corrected chi connectivity index (χ0v) is 14.8. The van der Waals surface area contributed by atoms with Gasteiger partial charge in [0.1, 0.15) is 11.6 Å². The van der Waals surface area contributed by atoms with E-state index in [1.807, 2.05) is 24.4 Å². The van der Waals surface area contributed by atoms with Crippen molar-refractivity contribution >= 4 is 5.91 Å². The lowest BCUT2D eigenvalue weighted by Crippen LogP contribution is -2.39. The molecule has 1 saturated heterocycles. The molecule has 7 heteroatoms. The third kappa shape index (κ3) is 3.86. The van der Waals surface area contributed by atoms with Crippen LogP contribution in [0.1, 0.15) is 40.6 Å². The molecule has 6 nitrogen and oxygen atoms in total. The molecule has 1 atom stereocenters. The van der Waals surface area contributed by atoms with Crippen LogP contribution in [-0.4, -0.2) is 43.4 Å². The van der Waals surface area contributed by atoms with E-state index in [4.69, 9.17) is 0 Å². The number of likely N-dealkylation sites (tertiary alicyclic amines) is 1. The number of carbonyl (C=O) groups excluding carboxylic acids is 1. The molecule has 0 radical (unpaired) electrons. The molecule has 3 aromatic heterocycles. The normalized spacial score (nSPS) is 17.1. The fourth-order valence-corrected chi connectivity index (χ4v) is 3.56. The second-order valence-corrected chi connectivity index (χ2v) is 6.72. The Hall–Kier alpha value is -3.09. The summed E-state index contributed by atoms with van der Waals surface area (Å²) in [5.74, 6) is 0.410. The van der Waals surface area contributed by atoms with Crippen LogP contribution in [-0.2, 0) is 6.54 Å². The molecule has 1 aliphatic heterocycles. The summed E-state index contributed by atoms with van der Waals surface area (Å²) in [7, 11) is 0. The van der Waals surface area contributed by atoms with Gasteiger partial charge in [-0.25, -0.2) is 9.37 Å². The molecule has 0 unspecified atom stereocenters. The van der Waals surface area contributed by atoms with E-state index in [1.165, 1.54) is 12.3 Å². The number of piperidine rings is 1. The summed E-state index contributed by atoms with van der Waals surface area (Å²) in [4.78, 5) is 27.2. The predicted octanol–water partition coefficient (Wildman–Crippen LogP) is 2.88. The van der Waals surface area contributed by atoms with Gasteiger partial charge in [-0.05, 0) is 31.0 Å². The summed E-state index contributed by atoms with van der Waals surface area (Å²) < 4.78 is 15.5. The minimum Gasteiger partial charge on any atom is -0.338 e. The first-order chi connectivity index (χ1) is 13.2. The van der Waals surface area contributed by atoms with Crippen LogP contribution in [0.2, 0.25) is 0 Å². The van der Waals surface area contributed by atoms with Crippen molar-refractivity contribution in [1.29, 1.82) is 0 Å². The van der Waals surface area contributed by atoms with E-state index in [1.54, 1.807) is 17.3 Å². The van der Waals surface area contributed by atoms with Gasteiger partial charge in [0.2, 0.25) is 0 Å². The fraction of sp³-hybridized carbons (Fsp3) is 0.300. The summed E-state index contributed by atoms with van der Waals surface area (Å²) in [5.41, 5.74) is 1.25. The number of hydrogen-bond acceptors (Lipinski definition) is 4. The van der Waals surface area contributed by atoms with Crippen LogP contribution in [0.3, 0.4) is 0 Å². The highest BCUT2D eigenvalue weighted by atomic mass is 19.1. The number of imidazole rings is 1. The molecule has 0 N–H and O–H groups in total. The van der Waals surface area contributed by atoms with Gasteiger partial charge >= 0.3 is 0 Å². The Kier molecular flexibility index (Phi) is 4.91. The maximum absolute atomic E-state index is 13.4. The van der Waals surface area contributed by atoms with Crippen molar-refractivity contribution < 1.29 is 9.18 Å². The first-order valence-electron chi connectivity index (χ1n) is 9.01. The number of pyridine rings is 2. The summed E-state index contributed by atoms with van der Waals surface area (Å²) in [6.07, 6.45) is 9.87. The maximum atomic E-state index is 13.4. The van der Waals surface area contributed by atoms with Gasteiger partial charge in [0.05, 0.1) is 24.0 Å². The number of aromatic nitrogens is 4. The minimum absolute atomic E-state index is 0.142. The Labute approximate surface area is 156 Å². The van der Waals surface area contributed by atoms with Crippen molar-refractivity contribution in [2.75, 3.05) is 13.1 Å². The Morgan fingerprint density at radius 2 is 2.15 bits per heavy atom. The van der Waals surface area contributed by atoms with E-state index in [-0.39, 0.29) is 17.4 Å². The van der Waals surface area contributed by atoms with Gasteiger partial charge in [0, 0.05) is 43.8 Å². The minimum atomic E-state index is -0.500. The number of halogens is 1. The third-order valence-electron chi connectivity index (χ3n) is 4.83. The quantitative estimate of drug-likeness (QED) is 0.713. The SMILES string of the molecule is O=C(c1cncc(F)c1)N1CCC[C@@H](c2nccn2Cc2ccccn2)C1. The molecular formula is C20H20FN5O. The zero-order chi connectivity index (χ0) is 18.6.